The lowest BCUT2D eigenvalue weighted by Gasteiger charge is -2.65. The summed E-state index contributed by atoms with van der Waals surface area (Å²) in [5.41, 5.74) is 5.35. The minimum Gasteiger partial charge on any atom is -0.377 e. The van der Waals surface area contributed by atoms with Crippen LogP contribution in [0.3, 0.4) is 0 Å². The number of halogens is 2. The van der Waals surface area contributed by atoms with Gasteiger partial charge < -0.3 is 15.8 Å². The fraction of sp³-hybridized carbons (Fsp3) is 0.562. The predicted octanol–water partition coefficient (Wildman–Crippen LogP) is 2.95. The molecule has 120 valence electrons. The molecule has 4 nitrogen and oxygen atoms in total. The van der Waals surface area contributed by atoms with E-state index in [9.17, 15) is 9.18 Å². The Morgan fingerprint density at radius 2 is 2.23 bits per heavy atom. The summed E-state index contributed by atoms with van der Waals surface area (Å²) in [6.07, 6.45) is 1.77. The lowest BCUT2D eigenvalue weighted by atomic mass is 9.46. The summed E-state index contributed by atoms with van der Waals surface area (Å²) in [5.74, 6) is -0.878. The molecule has 0 spiro atoms. The summed E-state index contributed by atoms with van der Waals surface area (Å²) < 4.78 is 19.3. The van der Waals surface area contributed by atoms with Gasteiger partial charge in [-0.05, 0) is 31.0 Å². The summed E-state index contributed by atoms with van der Waals surface area (Å²) in [6, 6.07) is 4.17. The van der Waals surface area contributed by atoms with E-state index in [4.69, 9.17) is 22.1 Å². The maximum Gasteiger partial charge on any atom is 0.245 e. The molecule has 3 unspecified atom stereocenters. The van der Waals surface area contributed by atoms with Crippen LogP contribution in [0.5, 0.6) is 0 Å². The summed E-state index contributed by atoms with van der Waals surface area (Å²) in [5, 5.41) is 2.74. The molecule has 2 aliphatic rings. The average Bonchev–Trinajstić information content (AvgIpc) is 2.50. The van der Waals surface area contributed by atoms with E-state index in [-0.39, 0.29) is 23.0 Å². The molecule has 1 aliphatic heterocycles. The van der Waals surface area contributed by atoms with Crippen LogP contribution in [0, 0.1) is 17.2 Å². The van der Waals surface area contributed by atoms with Crippen molar-refractivity contribution in [2.75, 3.05) is 11.9 Å². The molecule has 6 heteroatoms. The molecule has 1 aromatic rings. The Morgan fingerprint density at radius 3 is 2.91 bits per heavy atom. The van der Waals surface area contributed by atoms with Crippen LogP contribution in [-0.4, -0.2) is 24.2 Å². The van der Waals surface area contributed by atoms with Crippen molar-refractivity contribution in [2.45, 2.75) is 38.3 Å². The number of nitrogens with one attached hydrogen (secondary N) is 1. The summed E-state index contributed by atoms with van der Waals surface area (Å²) in [4.78, 5) is 12.7. The van der Waals surface area contributed by atoms with Gasteiger partial charge >= 0.3 is 0 Å². The average molecular weight is 327 g/mol. The van der Waals surface area contributed by atoms with E-state index < -0.39 is 16.8 Å². The topological polar surface area (TPSA) is 64.3 Å². The molecule has 0 aromatic heterocycles. The van der Waals surface area contributed by atoms with Crippen LogP contribution >= 0.6 is 11.6 Å². The van der Waals surface area contributed by atoms with Gasteiger partial charge in [0.25, 0.3) is 0 Å². The highest BCUT2D eigenvalue weighted by Gasteiger charge is 2.70. The monoisotopic (exact) mass is 326 g/mol. The minimum absolute atomic E-state index is 0.000969. The van der Waals surface area contributed by atoms with E-state index in [1.807, 2.05) is 13.8 Å². The smallest absolute Gasteiger partial charge is 0.245 e. The van der Waals surface area contributed by atoms with E-state index in [0.29, 0.717) is 12.3 Å². The molecule has 1 saturated carbocycles. The normalized spacial score (nSPS) is 32.8. The Labute approximate surface area is 134 Å². The number of amides is 1. The predicted molar refractivity (Wildman–Crippen MR) is 83.2 cm³/mol. The van der Waals surface area contributed by atoms with Gasteiger partial charge in [-0.15, -0.1) is 0 Å². The van der Waals surface area contributed by atoms with E-state index in [1.165, 1.54) is 12.1 Å². The Morgan fingerprint density at radius 1 is 1.50 bits per heavy atom. The van der Waals surface area contributed by atoms with Crippen molar-refractivity contribution in [3.05, 3.63) is 29.0 Å². The van der Waals surface area contributed by atoms with Gasteiger partial charge in [-0.3, -0.25) is 4.79 Å². The van der Waals surface area contributed by atoms with Gasteiger partial charge in [0.2, 0.25) is 5.91 Å². The second kappa shape index (κ2) is 5.18. The molecule has 1 amide bonds. The molecule has 1 heterocycles. The molecule has 3 atom stereocenters. The van der Waals surface area contributed by atoms with E-state index >= 15 is 0 Å². The first-order valence-electron chi connectivity index (χ1n) is 7.45. The standard InChI is InChI=1S/C16H20ClFN2O2/c1-15(2)13-10(4-3-7-22-13)16(15,19)14(21)20-9-5-6-11(17)12(18)8-9/h5-6,8,10,13H,3-4,7,19H2,1-2H3,(H,20,21). The quantitative estimate of drug-likeness (QED) is 0.878. The molecule has 2 fully saturated rings. The zero-order valence-electron chi connectivity index (χ0n) is 12.7. The Kier molecular flexibility index (Phi) is 3.70. The van der Waals surface area contributed by atoms with Crippen LogP contribution in [0.4, 0.5) is 10.1 Å². The molecule has 0 radical (unpaired) electrons. The Hall–Kier alpha value is -1.17. The van der Waals surface area contributed by atoms with Crippen LogP contribution < -0.4 is 11.1 Å². The maximum absolute atomic E-state index is 13.5. The molecule has 1 aromatic carbocycles. The first kappa shape index (κ1) is 15.7. The highest BCUT2D eigenvalue weighted by molar-refractivity contribution is 6.30. The largest absolute Gasteiger partial charge is 0.377 e. The molecule has 3 rings (SSSR count). The number of anilines is 1. The van der Waals surface area contributed by atoms with Crippen molar-refractivity contribution >= 4 is 23.2 Å². The lowest BCUT2D eigenvalue weighted by Crippen LogP contribution is -2.81. The maximum atomic E-state index is 13.5. The number of hydrogen-bond donors (Lipinski definition) is 2. The third kappa shape index (κ3) is 2.07. The molecular weight excluding hydrogens is 307 g/mol. The SMILES string of the molecule is CC1(C)C2OCCCC2C1(N)C(=O)Nc1ccc(Cl)c(F)c1. The fourth-order valence-electron chi connectivity index (χ4n) is 3.85. The van der Waals surface area contributed by atoms with E-state index in [2.05, 4.69) is 5.32 Å². The zero-order valence-corrected chi connectivity index (χ0v) is 13.4. The highest BCUT2D eigenvalue weighted by Crippen LogP contribution is 2.57. The van der Waals surface area contributed by atoms with Crippen molar-refractivity contribution in [1.82, 2.24) is 0 Å². The van der Waals surface area contributed by atoms with Crippen molar-refractivity contribution in [2.24, 2.45) is 17.1 Å². The minimum atomic E-state index is -1.02. The molecule has 1 saturated heterocycles. The summed E-state index contributed by atoms with van der Waals surface area (Å²) in [6.45, 7) is 4.60. The number of fused-ring (bicyclic) bond motifs is 1. The van der Waals surface area contributed by atoms with E-state index in [0.717, 1.165) is 12.8 Å². The Bertz CT molecular complexity index is 622. The fourth-order valence-corrected chi connectivity index (χ4v) is 3.96. The van der Waals surface area contributed by atoms with Gasteiger partial charge in [0.15, 0.2) is 0 Å². The summed E-state index contributed by atoms with van der Waals surface area (Å²) in [7, 11) is 0. The van der Waals surface area contributed by atoms with E-state index in [1.54, 1.807) is 6.07 Å². The lowest BCUT2D eigenvalue weighted by molar-refractivity contribution is -0.222. The number of ether oxygens (including phenoxy) is 1. The van der Waals surface area contributed by atoms with Crippen molar-refractivity contribution in [3.8, 4) is 0 Å². The third-order valence-corrected chi connectivity index (χ3v) is 5.54. The third-order valence-electron chi connectivity index (χ3n) is 5.24. The number of hydrogen-bond acceptors (Lipinski definition) is 3. The number of carbonyl (C=O) groups is 1. The number of rotatable bonds is 2. The van der Waals surface area contributed by atoms with Crippen molar-refractivity contribution < 1.29 is 13.9 Å². The highest BCUT2D eigenvalue weighted by atomic mass is 35.5. The second-order valence-corrected chi connectivity index (χ2v) is 7.12. The van der Waals surface area contributed by atoms with Crippen LogP contribution in [0.15, 0.2) is 18.2 Å². The first-order valence-corrected chi connectivity index (χ1v) is 7.83. The van der Waals surface area contributed by atoms with Crippen LogP contribution in [0.25, 0.3) is 0 Å². The molecule has 1 aliphatic carbocycles. The van der Waals surface area contributed by atoms with Gasteiger partial charge in [0.05, 0.1) is 11.1 Å². The Balaban J connectivity index is 1.83. The number of nitrogens with two attached hydrogens (primary N) is 1. The van der Waals surface area contributed by atoms with Crippen LogP contribution in [0.1, 0.15) is 26.7 Å². The van der Waals surface area contributed by atoms with Crippen LogP contribution in [0.2, 0.25) is 5.02 Å². The number of benzene rings is 1. The van der Waals surface area contributed by atoms with Gasteiger partial charge in [-0.1, -0.05) is 25.4 Å². The second-order valence-electron chi connectivity index (χ2n) is 6.71. The molecule has 3 N–H and O–H groups in total. The number of carbonyl (C=O) groups excluding carboxylic acids is 1. The summed E-state index contributed by atoms with van der Waals surface area (Å²) >= 11 is 5.65. The molecule has 0 bridgehead atoms. The van der Waals surface area contributed by atoms with Gasteiger partial charge in [0.1, 0.15) is 11.4 Å². The van der Waals surface area contributed by atoms with Gasteiger partial charge in [-0.25, -0.2) is 4.39 Å². The van der Waals surface area contributed by atoms with Crippen LogP contribution in [-0.2, 0) is 9.53 Å². The van der Waals surface area contributed by atoms with Gasteiger partial charge in [0, 0.05) is 23.6 Å². The molecular formula is C16H20ClFN2O2. The first-order chi connectivity index (χ1) is 10.3. The van der Waals surface area contributed by atoms with Crippen molar-refractivity contribution in [1.29, 1.82) is 0 Å². The van der Waals surface area contributed by atoms with Crippen molar-refractivity contribution in [3.63, 3.8) is 0 Å². The van der Waals surface area contributed by atoms with Gasteiger partial charge in [-0.2, -0.15) is 0 Å². The zero-order chi connectivity index (χ0) is 16.1. The molecule has 22 heavy (non-hydrogen) atoms.